The minimum atomic E-state index is -4.07. The third kappa shape index (κ3) is 5.03. The molecule has 36 heavy (non-hydrogen) atoms. The van der Waals surface area contributed by atoms with Crippen molar-refractivity contribution in [1.82, 2.24) is 9.97 Å². The average molecular weight is 529 g/mol. The van der Waals surface area contributed by atoms with Crippen LogP contribution in [0.15, 0.2) is 53.6 Å². The number of hydrogen-bond donors (Lipinski definition) is 2. The molecule has 0 saturated carbocycles. The molecule has 1 fully saturated rings. The number of rotatable bonds is 7. The molecular weight excluding hydrogens is 500 g/mol. The number of nitrogens with one attached hydrogen (secondary N) is 1. The highest BCUT2D eigenvalue weighted by Crippen LogP contribution is 2.36. The molecule has 3 heterocycles. The molecule has 0 spiro atoms. The molecule has 8 nitrogen and oxygen atoms in total. The monoisotopic (exact) mass is 528 g/mol. The second kappa shape index (κ2) is 10.1. The van der Waals surface area contributed by atoms with Crippen LogP contribution in [0.4, 0.5) is 11.6 Å². The number of hydrogen-bond acceptors (Lipinski definition) is 6. The lowest BCUT2D eigenvalue weighted by atomic mass is 9.77. The number of carbonyl (C=O) groups is 1. The van der Waals surface area contributed by atoms with E-state index >= 15 is 0 Å². The van der Waals surface area contributed by atoms with Crippen molar-refractivity contribution in [3.05, 3.63) is 64.7 Å². The Morgan fingerprint density at radius 2 is 1.81 bits per heavy atom. The van der Waals surface area contributed by atoms with Crippen LogP contribution in [-0.2, 0) is 14.8 Å². The number of aromatic nitrogens is 2. The first kappa shape index (κ1) is 25.9. The molecule has 4 rings (SSSR count). The largest absolute Gasteiger partial charge is 0.481 e. The number of halogens is 1. The zero-order valence-electron chi connectivity index (χ0n) is 20.5. The summed E-state index contributed by atoms with van der Waals surface area (Å²) in [5, 5.41) is 10.0. The molecule has 0 aliphatic carbocycles. The first-order valence-corrected chi connectivity index (χ1v) is 13.6. The van der Waals surface area contributed by atoms with Gasteiger partial charge >= 0.3 is 5.97 Å². The summed E-state index contributed by atoms with van der Waals surface area (Å²) in [6.45, 7) is 6.65. The average Bonchev–Trinajstić information content (AvgIpc) is 2.85. The number of carboxylic acid groups (broad SMARTS) is 1. The van der Waals surface area contributed by atoms with Crippen molar-refractivity contribution < 1.29 is 18.3 Å². The SMILES string of the molecule is CCC1(C(=O)O)CCCN(c2cccc(S(=O)(=O)Nc3ccc(Cl)c(-c4c(C)cccc4C)n3)n2)C1. The molecule has 10 heteroatoms. The maximum Gasteiger partial charge on any atom is 0.311 e. The van der Waals surface area contributed by atoms with Gasteiger partial charge in [0, 0.05) is 18.7 Å². The van der Waals surface area contributed by atoms with E-state index in [9.17, 15) is 18.3 Å². The van der Waals surface area contributed by atoms with Crippen molar-refractivity contribution in [3.63, 3.8) is 0 Å². The maximum absolute atomic E-state index is 13.2. The summed E-state index contributed by atoms with van der Waals surface area (Å²) < 4.78 is 29.0. The standard InChI is InChI=1S/C26H29ClN4O4S/c1-4-26(25(32)33)14-7-15-31(16-26)21-10-6-11-22(29-21)36(34,35)30-20-13-12-19(27)24(28-20)23-17(2)8-5-9-18(23)3/h5-6,8-13H,4,7,14-16H2,1-3H3,(H,28,30)(H,32,33). The van der Waals surface area contributed by atoms with Crippen LogP contribution in [0.1, 0.15) is 37.3 Å². The smallest absolute Gasteiger partial charge is 0.311 e. The highest BCUT2D eigenvalue weighted by atomic mass is 35.5. The number of piperidine rings is 1. The van der Waals surface area contributed by atoms with Crippen LogP contribution >= 0.6 is 11.6 Å². The van der Waals surface area contributed by atoms with Crippen LogP contribution < -0.4 is 9.62 Å². The summed E-state index contributed by atoms with van der Waals surface area (Å²) >= 11 is 6.43. The molecule has 3 aromatic rings. The second-order valence-electron chi connectivity index (χ2n) is 9.20. The van der Waals surface area contributed by atoms with E-state index in [1.54, 1.807) is 18.2 Å². The van der Waals surface area contributed by atoms with Gasteiger partial charge in [0.1, 0.15) is 11.6 Å². The van der Waals surface area contributed by atoms with Crippen LogP contribution in [0.5, 0.6) is 0 Å². The lowest BCUT2D eigenvalue weighted by Gasteiger charge is -2.40. The Kier molecular flexibility index (Phi) is 7.24. The van der Waals surface area contributed by atoms with Crippen molar-refractivity contribution >= 4 is 39.2 Å². The van der Waals surface area contributed by atoms with Gasteiger partial charge in [0.25, 0.3) is 10.0 Å². The lowest BCUT2D eigenvalue weighted by molar-refractivity contribution is -0.149. The summed E-state index contributed by atoms with van der Waals surface area (Å²) in [5.74, 6) is -0.288. The molecule has 0 amide bonds. The van der Waals surface area contributed by atoms with Gasteiger partial charge in [0.15, 0.2) is 5.03 Å². The quantitative estimate of drug-likeness (QED) is 0.428. The van der Waals surface area contributed by atoms with E-state index in [1.807, 2.05) is 43.9 Å². The number of carboxylic acids is 1. The molecule has 0 bridgehead atoms. The molecule has 190 valence electrons. The first-order chi connectivity index (χ1) is 17.1. The van der Waals surface area contributed by atoms with Crippen molar-refractivity contribution in [1.29, 1.82) is 0 Å². The Morgan fingerprint density at radius 1 is 1.11 bits per heavy atom. The Bertz CT molecular complexity index is 1390. The fraction of sp³-hybridized carbons (Fsp3) is 0.346. The van der Waals surface area contributed by atoms with Crippen molar-refractivity contribution in [2.24, 2.45) is 5.41 Å². The van der Waals surface area contributed by atoms with Crippen LogP contribution in [0.2, 0.25) is 5.02 Å². The molecule has 1 saturated heterocycles. The Labute approximate surface area is 216 Å². The summed E-state index contributed by atoms with van der Waals surface area (Å²) in [6.07, 6.45) is 1.76. The van der Waals surface area contributed by atoms with E-state index in [-0.39, 0.29) is 17.4 Å². The topological polar surface area (TPSA) is 112 Å². The summed E-state index contributed by atoms with van der Waals surface area (Å²) in [7, 11) is -4.07. The van der Waals surface area contributed by atoms with Gasteiger partial charge in [-0.15, -0.1) is 0 Å². The maximum atomic E-state index is 13.2. The Morgan fingerprint density at radius 3 is 2.47 bits per heavy atom. The van der Waals surface area contributed by atoms with Crippen molar-refractivity contribution in [2.75, 3.05) is 22.7 Å². The zero-order valence-corrected chi connectivity index (χ0v) is 22.0. The van der Waals surface area contributed by atoms with Gasteiger partial charge in [-0.1, -0.05) is 42.8 Å². The van der Waals surface area contributed by atoms with E-state index < -0.39 is 21.4 Å². The molecule has 1 aromatic carbocycles. The first-order valence-electron chi connectivity index (χ1n) is 11.8. The second-order valence-corrected chi connectivity index (χ2v) is 11.2. The van der Waals surface area contributed by atoms with Crippen LogP contribution in [0.25, 0.3) is 11.3 Å². The van der Waals surface area contributed by atoms with Gasteiger partial charge in [-0.3, -0.25) is 9.52 Å². The minimum absolute atomic E-state index is 0.123. The van der Waals surface area contributed by atoms with Crippen LogP contribution in [0, 0.1) is 19.3 Å². The van der Waals surface area contributed by atoms with Gasteiger partial charge in [-0.25, -0.2) is 9.97 Å². The number of aliphatic carboxylic acids is 1. The predicted molar refractivity (Wildman–Crippen MR) is 141 cm³/mol. The van der Waals surface area contributed by atoms with Crippen molar-refractivity contribution in [2.45, 2.75) is 45.1 Å². The molecule has 1 aliphatic rings. The molecule has 2 aromatic heterocycles. The summed E-state index contributed by atoms with van der Waals surface area (Å²) in [4.78, 5) is 22.7. The highest BCUT2D eigenvalue weighted by molar-refractivity contribution is 7.92. The van der Waals surface area contributed by atoms with E-state index in [0.29, 0.717) is 42.3 Å². The van der Waals surface area contributed by atoms with Gasteiger partial charge in [0.2, 0.25) is 0 Å². The number of benzene rings is 1. The van der Waals surface area contributed by atoms with Crippen molar-refractivity contribution in [3.8, 4) is 11.3 Å². The number of anilines is 2. The zero-order chi connectivity index (χ0) is 26.1. The van der Waals surface area contributed by atoms with Crippen LogP contribution in [-0.4, -0.2) is 42.6 Å². The number of pyridine rings is 2. The number of nitrogens with zero attached hydrogens (tertiary/aromatic N) is 3. The lowest BCUT2D eigenvalue weighted by Crippen LogP contribution is -2.48. The number of sulfonamides is 1. The van der Waals surface area contributed by atoms with E-state index in [0.717, 1.165) is 16.7 Å². The van der Waals surface area contributed by atoms with Crippen LogP contribution in [0.3, 0.4) is 0 Å². The fourth-order valence-electron chi connectivity index (χ4n) is 4.72. The van der Waals surface area contributed by atoms with E-state index in [2.05, 4.69) is 14.7 Å². The molecule has 1 unspecified atom stereocenters. The van der Waals surface area contributed by atoms with Gasteiger partial charge in [-0.2, -0.15) is 8.42 Å². The normalized spacial score (nSPS) is 18.2. The predicted octanol–water partition coefficient (Wildman–Crippen LogP) is 5.30. The molecule has 2 N–H and O–H groups in total. The van der Waals surface area contributed by atoms with Gasteiger partial charge in [0.05, 0.1) is 16.1 Å². The third-order valence-corrected chi connectivity index (χ3v) is 8.38. The van der Waals surface area contributed by atoms with E-state index in [1.165, 1.54) is 12.1 Å². The van der Waals surface area contributed by atoms with Gasteiger partial charge < -0.3 is 10.0 Å². The molecule has 1 aliphatic heterocycles. The minimum Gasteiger partial charge on any atom is -0.481 e. The Hall–Kier alpha value is -3.17. The van der Waals surface area contributed by atoms with E-state index in [4.69, 9.17) is 11.6 Å². The third-order valence-electron chi connectivity index (χ3n) is 6.82. The molecule has 0 radical (unpaired) electrons. The fourth-order valence-corrected chi connectivity index (χ4v) is 5.89. The van der Waals surface area contributed by atoms with Gasteiger partial charge in [-0.05, 0) is 68.5 Å². The summed E-state index contributed by atoms with van der Waals surface area (Å²) in [6, 6.07) is 13.7. The molecular formula is C26H29ClN4O4S. The number of aryl methyl sites for hydroxylation is 2. The highest BCUT2D eigenvalue weighted by Gasteiger charge is 2.41. The Balaban J connectivity index is 1.63. The summed E-state index contributed by atoms with van der Waals surface area (Å²) in [5.41, 5.74) is 2.43. The molecule has 1 atom stereocenters.